The minimum atomic E-state index is -4.63. The van der Waals surface area contributed by atoms with Crippen LogP contribution in [0.25, 0.3) is 22.4 Å². The summed E-state index contributed by atoms with van der Waals surface area (Å²) in [5.74, 6) is -0.622. The van der Waals surface area contributed by atoms with Gasteiger partial charge in [-0.2, -0.15) is 13.2 Å². The highest BCUT2D eigenvalue weighted by molar-refractivity contribution is 7.90. The average Bonchev–Trinajstić information content (AvgIpc) is 2.97. The van der Waals surface area contributed by atoms with Crippen LogP contribution in [0.5, 0.6) is 0 Å². The number of rotatable bonds is 8. The molecule has 8 nitrogen and oxygen atoms in total. The molecule has 1 N–H and O–H groups in total. The van der Waals surface area contributed by atoms with Gasteiger partial charge in [0.15, 0.2) is 5.58 Å². The van der Waals surface area contributed by atoms with Crippen molar-refractivity contribution in [1.82, 2.24) is 19.9 Å². The summed E-state index contributed by atoms with van der Waals surface area (Å²) in [6.45, 7) is 0.994. The molecule has 1 aromatic carbocycles. The van der Waals surface area contributed by atoms with Crippen molar-refractivity contribution in [2.45, 2.75) is 19.1 Å². The molecule has 30 heavy (non-hydrogen) atoms. The number of sulfone groups is 1. The van der Waals surface area contributed by atoms with E-state index in [9.17, 15) is 26.4 Å². The second-order valence-electron chi connectivity index (χ2n) is 6.72. The summed E-state index contributed by atoms with van der Waals surface area (Å²) in [5.41, 5.74) is -0.492. The van der Waals surface area contributed by atoms with Gasteiger partial charge in [-0.05, 0) is 31.2 Å². The number of benzene rings is 1. The number of fused-ring (bicyclic) bond motifs is 1. The molecule has 0 radical (unpaired) electrons. The van der Waals surface area contributed by atoms with Gasteiger partial charge in [0.05, 0.1) is 17.0 Å². The largest absolute Gasteiger partial charge is 0.419 e. The normalized spacial score (nSPS) is 12.5. The lowest BCUT2D eigenvalue weighted by molar-refractivity contribution is -0.137. The van der Waals surface area contributed by atoms with E-state index < -0.39 is 27.3 Å². The Morgan fingerprint density at radius 3 is 2.70 bits per heavy atom. The molecule has 0 spiro atoms. The highest BCUT2D eigenvalue weighted by Gasteiger charge is 2.35. The van der Waals surface area contributed by atoms with Gasteiger partial charge in [0.1, 0.15) is 21.7 Å². The topological polar surface area (TPSA) is 107 Å². The highest BCUT2D eigenvalue weighted by atomic mass is 32.2. The Labute approximate surface area is 169 Å². The van der Waals surface area contributed by atoms with Crippen LogP contribution in [0.2, 0.25) is 0 Å². The summed E-state index contributed by atoms with van der Waals surface area (Å²) >= 11 is 0. The summed E-state index contributed by atoms with van der Waals surface area (Å²) < 4.78 is 68.5. The summed E-state index contributed by atoms with van der Waals surface area (Å²) in [4.78, 5) is 19.4. The first-order valence-corrected chi connectivity index (χ1v) is 11.0. The predicted molar refractivity (Wildman–Crippen MR) is 104 cm³/mol. The van der Waals surface area contributed by atoms with Crippen LogP contribution in [0, 0.1) is 0 Å². The number of alkyl halides is 3. The van der Waals surface area contributed by atoms with Crippen LogP contribution in [0.4, 0.5) is 13.2 Å². The molecular formula is C18H19F3N4O4S. The lowest BCUT2D eigenvalue weighted by Gasteiger charge is -2.11. The Hall–Kier alpha value is -2.73. The summed E-state index contributed by atoms with van der Waals surface area (Å²) in [5, 5.41) is 2.97. The van der Waals surface area contributed by atoms with Gasteiger partial charge in [0, 0.05) is 31.1 Å². The second-order valence-corrected chi connectivity index (χ2v) is 8.98. The third-order valence-corrected chi connectivity index (χ3v) is 5.29. The third-order valence-electron chi connectivity index (χ3n) is 4.34. The molecule has 0 saturated heterocycles. The molecule has 0 saturated carbocycles. The number of aromatic nitrogens is 3. The number of aryl methyl sites for hydroxylation is 1. The molecule has 0 amide bonds. The first kappa shape index (κ1) is 22.0. The van der Waals surface area contributed by atoms with E-state index in [0.717, 1.165) is 12.6 Å². The SMILES string of the molecule is CS(=O)(=O)CCNCCCn1c(=O)oc2ccc(-c3ncncc3C(F)(F)F)cc21. The van der Waals surface area contributed by atoms with Gasteiger partial charge < -0.3 is 9.73 Å². The fraction of sp³-hybridized carbons (Fsp3) is 0.389. The lowest BCUT2D eigenvalue weighted by atomic mass is 10.1. The minimum absolute atomic E-state index is 0.00538. The van der Waals surface area contributed by atoms with E-state index in [-0.39, 0.29) is 35.7 Å². The number of hydrogen-bond acceptors (Lipinski definition) is 7. The van der Waals surface area contributed by atoms with Crippen LogP contribution in [-0.2, 0) is 22.6 Å². The van der Waals surface area contributed by atoms with E-state index in [2.05, 4.69) is 15.3 Å². The molecule has 0 fully saturated rings. The molecule has 2 heterocycles. The van der Waals surface area contributed by atoms with Gasteiger partial charge in [0.2, 0.25) is 0 Å². The standard InChI is InChI=1S/C18H19F3N4O4S/c1-30(27,28)8-6-22-5-2-7-25-14-9-12(3-4-15(14)29-17(25)26)16-13(18(19,20)21)10-23-11-24-16/h3-4,9-11,22H,2,5-8H2,1H3. The maximum Gasteiger partial charge on any atom is 0.419 e. The fourth-order valence-corrected chi connectivity index (χ4v) is 3.45. The average molecular weight is 444 g/mol. The molecule has 0 aliphatic carbocycles. The van der Waals surface area contributed by atoms with Gasteiger partial charge in [0.25, 0.3) is 0 Å². The second kappa shape index (κ2) is 8.56. The first-order chi connectivity index (χ1) is 14.1. The van der Waals surface area contributed by atoms with Gasteiger partial charge in [-0.3, -0.25) is 4.57 Å². The molecule has 3 aromatic rings. The number of oxazole rings is 1. The Kier molecular flexibility index (Phi) is 6.27. The number of halogens is 3. The zero-order valence-electron chi connectivity index (χ0n) is 15.9. The van der Waals surface area contributed by atoms with Crippen molar-refractivity contribution in [1.29, 1.82) is 0 Å². The van der Waals surface area contributed by atoms with E-state index in [0.29, 0.717) is 24.7 Å². The molecule has 0 atom stereocenters. The van der Waals surface area contributed by atoms with Crippen molar-refractivity contribution >= 4 is 20.9 Å². The van der Waals surface area contributed by atoms with Crippen LogP contribution in [-0.4, -0.2) is 48.1 Å². The molecule has 0 bridgehead atoms. The number of nitrogens with zero attached hydrogens (tertiary/aromatic N) is 3. The van der Waals surface area contributed by atoms with E-state index in [1.807, 2.05) is 0 Å². The van der Waals surface area contributed by atoms with Crippen molar-refractivity contribution in [3.05, 3.63) is 46.8 Å². The third kappa shape index (κ3) is 5.25. The number of nitrogens with one attached hydrogen (secondary N) is 1. The molecule has 2 aromatic heterocycles. The molecule has 0 aliphatic heterocycles. The van der Waals surface area contributed by atoms with E-state index in [1.54, 1.807) is 0 Å². The minimum Gasteiger partial charge on any atom is -0.408 e. The molecule has 0 aliphatic rings. The molecule has 0 unspecified atom stereocenters. The van der Waals surface area contributed by atoms with E-state index in [4.69, 9.17) is 4.42 Å². The Morgan fingerprint density at radius 1 is 1.23 bits per heavy atom. The summed E-state index contributed by atoms with van der Waals surface area (Å²) in [7, 11) is -3.06. The van der Waals surface area contributed by atoms with Crippen molar-refractivity contribution in [3.8, 4) is 11.3 Å². The smallest absolute Gasteiger partial charge is 0.408 e. The molecular weight excluding hydrogens is 425 g/mol. The summed E-state index contributed by atoms with van der Waals surface area (Å²) in [6.07, 6.45) is -1.26. The van der Waals surface area contributed by atoms with Crippen LogP contribution in [0.15, 0.2) is 39.9 Å². The zero-order chi connectivity index (χ0) is 21.9. The Morgan fingerprint density at radius 2 is 2.00 bits per heavy atom. The van der Waals surface area contributed by atoms with E-state index in [1.165, 1.54) is 22.8 Å². The molecule has 12 heteroatoms. The van der Waals surface area contributed by atoms with Crippen LogP contribution in [0.1, 0.15) is 12.0 Å². The monoisotopic (exact) mass is 444 g/mol. The van der Waals surface area contributed by atoms with Crippen molar-refractivity contribution in [3.63, 3.8) is 0 Å². The van der Waals surface area contributed by atoms with Crippen LogP contribution < -0.4 is 11.1 Å². The van der Waals surface area contributed by atoms with E-state index >= 15 is 0 Å². The van der Waals surface area contributed by atoms with Gasteiger partial charge in [-0.15, -0.1) is 0 Å². The Balaban J connectivity index is 1.82. The quantitative estimate of drug-likeness (QED) is 0.530. The van der Waals surface area contributed by atoms with Crippen LogP contribution in [0.3, 0.4) is 0 Å². The highest BCUT2D eigenvalue weighted by Crippen LogP contribution is 2.35. The predicted octanol–water partition coefficient (Wildman–Crippen LogP) is 2.09. The van der Waals surface area contributed by atoms with Gasteiger partial charge >= 0.3 is 11.9 Å². The van der Waals surface area contributed by atoms with Crippen molar-refractivity contribution in [2.24, 2.45) is 0 Å². The number of hydrogen-bond donors (Lipinski definition) is 1. The van der Waals surface area contributed by atoms with Crippen molar-refractivity contribution in [2.75, 3.05) is 25.1 Å². The maximum absolute atomic E-state index is 13.3. The molecule has 3 rings (SSSR count). The van der Waals surface area contributed by atoms with Crippen LogP contribution >= 0.6 is 0 Å². The van der Waals surface area contributed by atoms with Gasteiger partial charge in [-0.25, -0.2) is 23.2 Å². The van der Waals surface area contributed by atoms with Gasteiger partial charge in [-0.1, -0.05) is 0 Å². The lowest BCUT2D eigenvalue weighted by Crippen LogP contribution is -2.25. The first-order valence-electron chi connectivity index (χ1n) is 8.96. The zero-order valence-corrected chi connectivity index (χ0v) is 16.8. The summed E-state index contributed by atoms with van der Waals surface area (Å²) in [6, 6.07) is 4.25. The van der Waals surface area contributed by atoms with Crippen molar-refractivity contribution < 1.29 is 26.0 Å². The Bertz CT molecular complexity index is 1200. The maximum atomic E-state index is 13.3. The molecule has 162 valence electrons. The fourth-order valence-electron chi connectivity index (χ4n) is 2.93.